The molecule has 3 rings (SSSR count). The van der Waals surface area contributed by atoms with Gasteiger partial charge in [-0.15, -0.1) is 0 Å². The maximum Gasteiger partial charge on any atom is 0.345 e. The summed E-state index contributed by atoms with van der Waals surface area (Å²) < 4.78 is 17.2. The molecular formula is C19H27FN6O2. The van der Waals surface area contributed by atoms with Crippen molar-refractivity contribution in [3.63, 3.8) is 0 Å². The Bertz CT molecular complexity index is 889. The summed E-state index contributed by atoms with van der Waals surface area (Å²) in [6, 6.07) is 4.56. The van der Waals surface area contributed by atoms with Gasteiger partial charge in [-0.1, -0.05) is 6.07 Å². The number of rotatable bonds is 7. The minimum Gasteiger partial charge on any atom is -0.375 e. The average molecular weight is 390 g/mol. The molecule has 1 aromatic heterocycles. The normalized spacial score (nSPS) is 13.1. The zero-order valence-electron chi connectivity index (χ0n) is 16.4. The molecule has 2 heterocycles. The maximum atomic E-state index is 13.9. The standard InChI is InChI=1S/C19H27FN6O2/c1-24(2)16-8-7-14(12-15(16)20)13-22-18(27)21-9-5-11-26-19(28)25-10-4-3-6-17(25)23-26/h7-8,12H,3-6,9-11,13H2,1-2H3,(H2,21,22,27). The number of fused-ring (bicyclic) bond motifs is 1. The van der Waals surface area contributed by atoms with E-state index < -0.39 is 0 Å². The van der Waals surface area contributed by atoms with Crippen molar-refractivity contribution < 1.29 is 9.18 Å². The van der Waals surface area contributed by atoms with Gasteiger partial charge in [-0.25, -0.2) is 18.7 Å². The molecule has 0 spiro atoms. The summed E-state index contributed by atoms with van der Waals surface area (Å²) in [7, 11) is 3.55. The van der Waals surface area contributed by atoms with Crippen LogP contribution in [0.4, 0.5) is 14.9 Å². The Labute approximate surface area is 163 Å². The van der Waals surface area contributed by atoms with Crippen LogP contribution in [0.25, 0.3) is 0 Å². The van der Waals surface area contributed by atoms with Gasteiger partial charge in [0.1, 0.15) is 11.6 Å². The van der Waals surface area contributed by atoms with Crippen LogP contribution in [0.3, 0.4) is 0 Å². The van der Waals surface area contributed by atoms with Crippen LogP contribution >= 0.6 is 0 Å². The number of halogens is 1. The number of hydrogen-bond donors (Lipinski definition) is 2. The smallest absolute Gasteiger partial charge is 0.345 e. The fourth-order valence-corrected chi connectivity index (χ4v) is 3.29. The molecule has 8 nitrogen and oxygen atoms in total. The SMILES string of the molecule is CN(C)c1ccc(CNC(=O)NCCCn2nc3n(c2=O)CCCC3)cc1F. The zero-order valence-corrected chi connectivity index (χ0v) is 16.4. The van der Waals surface area contributed by atoms with Crippen LogP contribution in [0.2, 0.25) is 0 Å². The van der Waals surface area contributed by atoms with Crippen molar-refractivity contribution in [3.8, 4) is 0 Å². The Hall–Kier alpha value is -2.84. The third-order valence-corrected chi connectivity index (χ3v) is 4.81. The lowest BCUT2D eigenvalue weighted by Crippen LogP contribution is -2.36. The number of aryl methyl sites for hydroxylation is 2. The molecule has 2 N–H and O–H groups in total. The molecule has 0 saturated carbocycles. The summed E-state index contributed by atoms with van der Waals surface area (Å²) in [6.07, 6.45) is 3.54. The molecule has 1 aliphatic rings. The van der Waals surface area contributed by atoms with Gasteiger partial charge in [0.25, 0.3) is 0 Å². The molecule has 1 aromatic carbocycles. The monoisotopic (exact) mass is 390 g/mol. The summed E-state index contributed by atoms with van der Waals surface area (Å²) in [5.74, 6) is 0.535. The number of hydrogen-bond acceptors (Lipinski definition) is 4. The Morgan fingerprint density at radius 1 is 1.29 bits per heavy atom. The Morgan fingerprint density at radius 2 is 2.11 bits per heavy atom. The van der Waals surface area contributed by atoms with Gasteiger partial charge in [-0.3, -0.25) is 4.57 Å². The summed E-state index contributed by atoms with van der Waals surface area (Å²) in [5.41, 5.74) is 1.13. The summed E-state index contributed by atoms with van der Waals surface area (Å²) >= 11 is 0. The molecule has 0 bridgehead atoms. The van der Waals surface area contributed by atoms with E-state index in [2.05, 4.69) is 15.7 Å². The molecule has 28 heavy (non-hydrogen) atoms. The van der Waals surface area contributed by atoms with E-state index in [1.54, 1.807) is 35.7 Å². The highest BCUT2D eigenvalue weighted by atomic mass is 19.1. The van der Waals surface area contributed by atoms with Crippen molar-refractivity contribution in [3.05, 3.63) is 45.9 Å². The van der Waals surface area contributed by atoms with Crippen LogP contribution in [-0.2, 0) is 26.1 Å². The number of nitrogens with one attached hydrogen (secondary N) is 2. The van der Waals surface area contributed by atoms with E-state index in [0.717, 1.165) is 31.6 Å². The van der Waals surface area contributed by atoms with Crippen LogP contribution < -0.4 is 21.2 Å². The Kier molecular flexibility index (Phi) is 6.33. The minimum atomic E-state index is -0.325. The van der Waals surface area contributed by atoms with Gasteiger partial charge in [-0.05, 0) is 37.0 Å². The van der Waals surface area contributed by atoms with Crippen molar-refractivity contribution >= 4 is 11.7 Å². The van der Waals surface area contributed by atoms with E-state index in [1.807, 2.05) is 0 Å². The van der Waals surface area contributed by atoms with Crippen LogP contribution in [0, 0.1) is 5.82 Å². The number of anilines is 1. The Balaban J connectivity index is 1.40. The highest BCUT2D eigenvalue weighted by molar-refractivity contribution is 5.73. The van der Waals surface area contributed by atoms with Gasteiger partial charge in [0, 0.05) is 46.7 Å². The van der Waals surface area contributed by atoms with E-state index in [0.29, 0.717) is 30.8 Å². The first-order valence-electron chi connectivity index (χ1n) is 9.59. The van der Waals surface area contributed by atoms with Crippen molar-refractivity contribution in [2.75, 3.05) is 25.5 Å². The van der Waals surface area contributed by atoms with Crippen LogP contribution in [0.1, 0.15) is 30.7 Å². The van der Waals surface area contributed by atoms with E-state index in [1.165, 1.54) is 10.7 Å². The maximum absolute atomic E-state index is 13.9. The number of urea groups is 1. The van der Waals surface area contributed by atoms with E-state index in [-0.39, 0.29) is 24.1 Å². The average Bonchev–Trinajstić information content (AvgIpc) is 2.99. The van der Waals surface area contributed by atoms with Gasteiger partial charge in [-0.2, -0.15) is 5.10 Å². The van der Waals surface area contributed by atoms with Crippen LogP contribution in [0.15, 0.2) is 23.0 Å². The van der Waals surface area contributed by atoms with Gasteiger partial charge in [0.15, 0.2) is 0 Å². The van der Waals surface area contributed by atoms with Gasteiger partial charge >= 0.3 is 11.7 Å². The molecule has 0 atom stereocenters. The van der Waals surface area contributed by atoms with E-state index >= 15 is 0 Å². The predicted octanol–water partition coefficient (Wildman–Crippen LogP) is 1.48. The third kappa shape index (κ3) is 4.71. The predicted molar refractivity (Wildman–Crippen MR) is 105 cm³/mol. The second-order valence-corrected chi connectivity index (χ2v) is 7.17. The molecule has 2 aromatic rings. The number of nitrogens with zero attached hydrogens (tertiary/aromatic N) is 4. The molecular weight excluding hydrogens is 363 g/mol. The van der Waals surface area contributed by atoms with Gasteiger partial charge < -0.3 is 15.5 Å². The van der Waals surface area contributed by atoms with Crippen molar-refractivity contribution in [1.29, 1.82) is 0 Å². The third-order valence-electron chi connectivity index (χ3n) is 4.81. The first kappa shape index (κ1) is 19.9. The molecule has 2 amide bonds. The largest absolute Gasteiger partial charge is 0.375 e. The molecule has 0 saturated heterocycles. The highest BCUT2D eigenvalue weighted by Gasteiger charge is 2.16. The van der Waals surface area contributed by atoms with Gasteiger partial charge in [0.05, 0.1) is 5.69 Å². The number of carbonyl (C=O) groups is 1. The number of benzene rings is 1. The van der Waals surface area contributed by atoms with Crippen LogP contribution in [0.5, 0.6) is 0 Å². The van der Waals surface area contributed by atoms with Crippen molar-refractivity contribution in [2.24, 2.45) is 0 Å². The summed E-state index contributed by atoms with van der Waals surface area (Å²) in [5, 5.41) is 9.82. The molecule has 0 unspecified atom stereocenters. The molecule has 0 aliphatic carbocycles. The lowest BCUT2D eigenvalue weighted by atomic mass is 10.2. The topological polar surface area (TPSA) is 84.2 Å². The lowest BCUT2D eigenvalue weighted by molar-refractivity contribution is 0.240. The fraction of sp³-hybridized carbons (Fsp3) is 0.526. The van der Waals surface area contributed by atoms with Crippen molar-refractivity contribution in [2.45, 2.75) is 45.3 Å². The fourth-order valence-electron chi connectivity index (χ4n) is 3.29. The van der Waals surface area contributed by atoms with Crippen LogP contribution in [-0.4, -0.2) is 41.0 Å². The number of aromatic nitrogens is 3. The zero-order chi connectivity index (χ0) is 20.1. The Morgan fingerprint density at radius 3 is 2.82 bits per heavy atom. The van der Waals surface area contributed by atoms with Crippen molar-refractivity contribution in [1.82, 2.24) is 25.0 Å². The summed E-state index contributed by atoms with van der Waals surface area (Å²) in [6.45, 7) is 1.87. The minimum absolute atomic E-state index is 0.0673. The molecule has 0 fully saturated rings. The second-order valence-electron chi connectivity index (χ2n) is 7.17. The highest BCUT2D eigenvalue weighted by Crippen LogP contribution is 2.18. The molecule has 0 radical (unpaired) electrons. The number of carbonyl (C=O) groups excluding carboxylic acids is 1. The lowest BCUT2D eigenvalue weighted by Gasteiger charge is -2.14. The second kappa shape index (κ2) is 8.90. The first-order valence-corrected chi connectivity index (χ1v) is 9.59. The number of amides is 2. The molecule has 152 valence electrons. The first-order chi connectivity index (χ1) is 13.5. The summed E-state index contributed by atoms with van der Waals surface area (Å²) in [4.78, 5) is 25.8. The quantitative estimate of drug-likeness (QED) is 0.702. The molecule has 1 aliphatic heterocycles. The van der Waals surface area contributed by atoms with Gasteiger partial charge in [0.2, 0.25) is 0 Å². The van der Waals surface area contributed by atoms with E-state index in [4.69, 9.17) is 0 Å². The van der Waals surface area contributed by atoms with E-state index in [9.17, 15) is 14.0 Å². The molecule has 9 heteroatoms.